The van der Waals surface area contributed by atoms with Gasteiger partial charge in [-0.3, -0.25) is 9.89 Å². The highest BCUT2D eigenvalue weighted by Gasteiger charge is 2.13. The second-order valence-electron chi connectivity index (χ2n) is 5.22. The SMILES string of the molecule is C/C(=N\NC(=O)c1cc(-c2ccc(C)o2)[nH]n1)c1ccc(Br)cc1. The molecule has 0 radical (unpaired) electrons. The molecule has 2 N–H and O–H groups in total. The molecule has 6 nitrogen and oxygen atoms in total. The summed E-state index contributed by atoms with van der Waals surface area (Å²) in [4.78, 5) is 12.1. The predicted octanol–water partition coefficient (Wildman–Crippen LogP) is 3.89. The lowest BCUT2D eigenvalue weighted by Gasteiger charge is -2.01. The first kappa shape index (κ1) is 16.2. The topological polar surface area (TPSA) is 83.3 Å². The van der Waals surface area contributed by atoms with E-state index < -0.39 is 5.91 Å². The summed E-state index contributed by atoms with van der Waals surface area (Å²) in [7, 11) is 0. The van der Waals surface area contributed by atoms with E-state index in [0.717, 1.165) is 15.8 Å². The van der Waals surface area contributed by atoms with E-state index in [1.807, 2.05) is 50.2 Å². The van der Waals surface area contributed by atoms with Gasteiger partial charge in [0.25, 0.3) is 5.91 Å². The van der Waals surface area contributed by atoms with Gasteiger partial charge in [0.1, 0.15) is 11.5 Å². The Balaban J connectivity index is 1.70. The molecule has 3 aromatic rings. The molecule has 0 unspecified atom stereocenters. The number of benzene rings is 1. The zero-order chi connectivity index (χ0) is 17.1. The molecule has 2 heterocycles. The number of aromatic amines is 1. The molecular weight excluding hydrogens is 372 g/mol. The Kier molecular flexibility index (Phi) is 4.61. The molecule has 0 saturated carbocycles. The van der Waals surface area contributed by atoms with Crippen LogP contribution in [0.15, 0.2) is 56.5 Å². The highest BCUT2D eigenvalue weighted by molar-refractivity contribution is 9.10. The van der Waals surface area contributed by atoms with Gasteiger partial charge in [0.05, 0.1) is 5.71 Å². The molecule has 1 amide bonds. The number of carbonyl (C=O) groups is 1. The minimum Gasteiger partial charge on any atom is -0.460 e. The van der Waals surface area contributed by atoms with E-state index >= 15 is 0 Å². The highest BCUT2D eigenvalue weighted by atomic mass is 79.9. The average Bonchev–Trinajstić information content (AvgIpc) is 3.22. The van der Waals surface area contributed by atoms with Gasteiger partial charge in [0, 0.05) is 10.5 Å². The Morgan fingerprint density at radius 1 is 1.25 bits per heavy atom. The van der Waals surface area contributed by atoms with Crippen LogP contribution in [0, 0.1) is 6.92 Å². The van der Waals surface area contributed by atoms with Gasteiger partial charge in [-0.2, -0.15) is 10.2 Å². The van der Waals surface area contributed by atoms with Gasteiger partial charge in [-0.1, -0.05) is 28.1 Å². The number of hydrogen-bond acceptors (Lipinski definition) is 4. The van der Waals surface area contributed by atoms with Gasteiger partial charge in [-0.15, -0.1) is 0 Å². The van der Waals surface area contributed by atoms with Crippen LogP contribution in [0.25, 0.3) is 11.5 Å². The lowest BCUT2D eigenvalue weighted by molar-refractivity contribution is 0.0950. The smallest absolute Gasteiger partial charge is 0.291 e. The summed E-state index contributed by atoms with van der Waals surface area (Å²) in [6.45, 7) is 3.68. The van der Waals surface area contributed by atoms with Gasteiger partial charge in [0.15, 0.2) is 11.5 Å². The van der Waals surface area contributed by atoms with Crippen molar-refractivity contribution < 1.29 is 9.21 Å². The molecule has 0 aliphatic carbocycles. The van der Waals surface area contributed by atoms with Gasteiger partial charge in [-0.25, -0.2) is 5.43 Å². The number of aryl methyl sites for hydroxylation is 1. The minimum absolute atomic E-state index is 0.242. The molecule has 0 atom stereocenters. The quantitative estimate of drug-likeness (QED) is 0.526. The number of H-pyrrole nitrogens is 1. The van der Waals surface area contributed by atoms with Crippen molar-refractivity contribution in [1.29, 1.82) is 0 Å². The number of nitrogens with one attached hydrogen (secondary N) is 2. The second kappa shape index (κ2) is 6.84. The van der Waals surface area contributed by atoms with E-state index in [4.69, 9.17) is 4.42 Å². The second-order valence-corrected chi connectivity index (χ2v) is 6.14. The fourth-order valence-corrected chi connectivity index (χ4v) is 2.36. The lowest BCUT2D eigenvalue weighted by Crippen LogP contribution is -2.19. The molecule has 122 valence electrons. The van der Waals surface area contributed by atoms with Crippen molar-refractivity contribution in [3.05, 3.63) is 64.0 Å². The van der Waals surface area contributed by atoms with Crippen molar-refractivity contribution in [3.63, 3.8) is 0 Å². The highest BCUT2D eigenvalue weighted by Crippen LogP contribution is 2.20. The Morgan fingerprint density at radius 2 is 2.00 bits per heavy atom. The molecule has 3 rings (SSSR count). The summed E-state index contributed by atoms with van der Waals surface area (Å²) in [5.41, 5.74) is 5.01. The zero-order valence-corrected chi connectivity index (χ0v) is 14.7. The number of halogens is 1. The molecule has 0 fully saturated rings. The average molecular weight is 387 g/mol. The van der Waals surface area contributed by atoms with Crippen LogP contribution in [0.2, 0.25) is 0 Å². The maximum atomic E-state index is 12.1. The van der Waals surface area contributed by atoms with Crippen LogP contribution < -0.4 is 5.43 Å². The van der Waals surface area contributed by atoms with Crippen LogP contribution in [0.4, 0.5) is 0 Å². The Hall–Kier alpha value is -2.67. The molecule has 0 aliphatic heterocycles. The number of furan rings is 1. The summed E-state index contributed by atoms with van der Waals surface area (Å²) in [6, 6.07) is 13.0. The number of aromatic nitrogens is 2. The standard InChI is InChI=1S/C17H15BrN4O2/c1-10-3-8-16(24-10)14-9-15(21-20-14)17(23)22-19-11(2)12-4-6-13(18)7-5-12/h3-9H,1-2H3,(H,20,21)(H,22,23)/b19-11+. The predicted molar refractivity (Wildman–Crippen MR) is 94.8 cm³/mol. The maximum Gasteiger partial charge on any atom is 0.291 e. The largest absolute Gasteiger partial charge is 0.460 e. The number of carbonyl (C=O) groups excluding carboxylic acids is 1. The monoisotopic (exact) mass is 386 g/mol. The summed E-state index contributed by atoms with van der Waals surface area (Å²) in [6.07, 6.45) is 0. The van der Waals surface area contributed by atoms with E-state index in [0.29, 0.717) is 17.2 Å². The van der Waals surface area contributed by atoms with Gasteiger partial charge < -0.3 is 4.42 Å². The first-order chi connectivity index (χ1) is 11.5. The van der Waals surface area contributed by atoms with Crippen LogP contribution in [0.1, 0.15) is 28.7 Å². The number of hydrazone groups is 1. The lowest BCUT2D eigenvalue weighted by atomic mass is 10.1. The van der Waals surface area contributed by atoms with Crippen LogP contribution in [0.3, 0.4) is 0 Å². The summed E-state index contributed by atoms with van der Waals surface area (Å²) in [5, 5.41) is 10.9. The fourth-order valence-electron chi connectivity index (χ4n) is 2.09. The number of rotatable bonds is 4. The van der Waals surface area contributed by atoms with Crippen molar-refractivity contribution in [2.75, 3.05) is 0 Å². The fraction of sp³-hybridized carbons (Fsp3) is 0.118. The third-order valence-electron chi connectivity index (χ3n) is 3.40. The number of nitrogens with zero attached hydrogens (tertiary/aromatic N) is 2. The molecular formula is C17H15BrN4O2. The third kappa shape index (κ3) is 3.62. The molecule has 0 aliphatic rings. The van der Waals surface area contributed by atoms with Crippen LogP contribution in [-0.2, 0) is 0 Å². The number of hydrogen-bond donors (Lipinski definition) is 2. The van der Waals surface area contributed by atoms with Crippen molar-refractivity contribution in [2.24, 2.45) is 5.10 Å². The molecule has 0 saturated heterocycles. The Labute approximate surface area is 147 Å². The molecule has 7 heteroatoms. The van der Waals surface area contributed by atoms with Crippen LogP contribution >= 0.6 is 15.9 Å². The first-order valence-corrected chi connectivity index (χ1v) is 8.05. The number of amides is 1. The van der Waals surface area contributed by atoms with E-state index in [-0.39, 0.29) is 5.69 Å². The van der Waals surface area contributed by atoms with Crippen molar-refractivity contribution in [1.82, 2.24) is 15.6 Å². The van der Waals surface area contributed by atoms with E-state index in [1.54, 1.807) is 6.07 Å². The van der Waals surface area contributed by atoms with Crippen molar-refractivity contribution in [3.8, 4) is 11.5 Å². The maximum absolute atomic E-state index is 12.1. The molecule has 0 spiro atoms. The van der Waals surface area contributed by atoms with Gasteiger partial charge in [-0.05, 0) is 43.7 Å². The van der Waals surface area contributed by atoms with Gasteiger partial charge >= 0.3 is 0 Å². The minimum atomic E-state index is -0.391. The molecule has 1 aromatic carbocycles. The van der Waals surface area contributed by atoms with Crippen molar-refractivity contribution in [2.45, 2.75) is 13.8 Å². The Morgan fingerprint density at radius 3 is 2.67 bits per heavy atom. The van der Waals surface area contributed by atoms with Crippen LogP contribution in [0.5, 0.6) is 0 Å². The Bertz CT molecular complexity index is 893. The van der Waals surface area contributed by atoms with Crippen molar-refractivity contribution >= 4 is 27.5 Å². The molecule has 0 bridgehead atoms. The summed E-state index contributed by atoms with van der Waals surface area (Å²) in [5.74, 6) is 1.03. The normalized spacial score (nSPS) is 11.5. The zero-order valence-electron chi connectivity index (χ0n) is 13.1. The molecule has 24 heavy (non-hydrogen) atoms. The summed E-state index contributed by atoms with van der Waals surface area (Å²) >= 11 is 3.38. The summed E-state index contributed by atoms with van der Waals surface area (Å²) < 4.78 is 6.48. The molecule has 2 aromatic heterocycles. The third-order valence-corrected chi connectivity index (χ3v) is 3.93. The van der Waals surface area contributed by atoms with Gasteiger partial charge in [0.2, 0.25) is 0 Å². The van der Waals surface area contributed by atoms with E-state index in [9.17, 15) is 4.79 Å². The van der Waals surface area contributed by atoms with Crippen LogP contribution in [-0.4, -0.2) is 21.8 Å². The van der Waals surface area contributed by atoms with E-state index in [1.165, 1.54) is 0 Å². The van der Waals surface area contributed by atoms with E-state index in [2.05, 4.69) is 36.7 Å². The first-order valence-electron chi connectivity index (χ1n) is 7.26.